The molecule has 1 aromatic heterocycles. The van der Waals surface area contributed by atoms with Crippen molar-refractivity contribution >= 4 is 16.8 Å². The van der Waals surface area contributed by atoms with Crippen molar-refractivity contribution in [1.29, 1.82) is 0 Å². The number of carbonyl (C=O) groups excluding carboxylic acids is 1. The number of H-pyrrole nitrogens is 1. The van der Waals surface area contributed by atoms with Crippen LogP contribution in [0.3, 0.4) is 0 Å². The highest BCUT2D eigenvalue weighted by molar-refractivity contribution is 5.87. The summed E-state index contributed by atoms with van der Waals surface area (Å²) in [6.07, 6.45) is 4.64. The summed E-state index contributed by atoms with van der Waals surface area (Å²) in [5.74, 6) is 1.00. The molecule has 0 spiro atoms. The molecule has 0 saturated heterocycles. The van der Waals surface area contributed by atoms with Crippen LogP contribution in [-0.2, 0) is 11.2 Å². The van der Waals surface area contributed by atoms with Gasteiger partial charge in [0, 0.05) is 28.6 Å². The zero-order valence-corrected chi connectivity index (χ0v) is 12.7. The Balaban J connectivity index is 2.00. The van der Waals surface area contributed by atoms with Crippen LogP contribution in [0.5, 0.6) is 5.75 Å². The third-order valence-electron chi connectivity index (χ3n) is 4.21. The van der Waals surface area contributed by atoms with Crippen LogP contribution in [0.25, 0.3) is 10.9 Å². The van der Waals surface area contributed by atoms with Gasteiger partial charge in [-0.25, -0.2) is 0 Å². The van der Waals surface area contributed by atoms with Gasteiger partial charge in [0.15, 0.2) is 0 Å². The number of aromatic nitrogens is 1. The summed E-state index contributed by atoms with van der Waals surface area (Å²) in [7, 11) is 1.68. The van der Waals surface area contributed by atoms with Crippen molar-refractivity contribution < 1.29 is 9.53 Å². The highest BCUT2D eigenvalue weighted by Crippen LogP contribution is 2.37. The second kappa shape index (κ2) is 5.80. The van der Waals surface area contributed by atoms with Gasteiger partial charge in [0.05, 0.1) is 13.2 Å². The summed E-state index contributed by atoms with van der Waals surface area (Å²) < 4.78 is 5.34. The fourth-order valence-corrected chi connectivity index (χ4v) is 3.24. The van der Waals surface area contributed by atoms with E-state index in [1.54, 1.807) is 7.11 Å². The third-order valence-corrected chi connectivity index (χ3v) is 4.21. The van der Waals surface area contributed by atoms with Crippen molar-refractivity contribution in [2.75, 3.05) is 7.11 Å². The normalized spacial score (nSPS) is 17.5. The van der Waals surface area contributed by atoms with Crippen LogP contribution < -0.4 is 10.1 Å². The zero-order valence-electron chi connectivity index (χ0n) is 12.7. The van der Waals surface area contributed by atoms with Gasteiger partial charge in [0.25, 0.3) is 0 Å². The minimum absolute atomic E-state index is 0.119. The van der Waals surface area contributed by atoms with Gasteiger partial charge in [-0.1, -0.05) is 6.92 Å². The largest absolute Gasteiger partial charge is 0.497 e. The molecule has 1 aromatic carbocycles. The van der Waals surface area contributed by atoms with Crippen molar-refractivity contribution in [3.05, 3.63) is 29.5 Å². The highest BCUT2D eigenvalue weighted by Gasteiger charge is 2.25. The number of aryl methyl sites for hydroxylation is 1. The molecule has 0 saturated carbocycles. The number of hydrogen-bond acceptors (Lipinski definition) is 2. The summed E-state index contributed by atoms with van der Waals surface area (Å²) in [5.41, 5.74) is 3.63. The Morgan fingerprint density at radius 3 is 3.10 bits per heavy atom. The quantitative estimate of drug-likeness (QED) is 0.904. The van der Waals surface area contributed by atoms with E-state index in [9.17, 15) is 4.79 Å². The molecule has 2 N–H and O–H groups in total. The smallest absolute Gasteiger partial charge is 0.220 e. The number of rotatable bonds is 4. The van der Waals surface area contributed by atoms with Gasteiger partial charge in [-0.3, -0.25) is 4.79 Å². The van der Waals surface area contributed by atoms with E-state index in [0.29, 0.717) is 6.42 Å². The molecule has 0 bridgehead atoms. The molecule has 1 amide bonds. The Morgan fingerprint density at radius 2 is 2.33 bits per heavy atom. The van der Waals surface area contributed by atoms with E-state index in [1.807, 2.05) is 13.0 Å². The molecular formula is C17H22N2O2. The van der Waals surface area contributed by atoms with Crippen LogP contribution >= 0.6 is 0 Å². The molecule has 1 heterocycles. The number of amides is 1. The molecule has 1 aliphatic rings. The Kier molecular flexibility index (Phi) is 3.86. The van der Waals surface area contributed by atoms with Crippen LogP contribution in [-0.4, -0.2) is 18.0 Å². The second-order valence-electron chi connectivity index (χ2n) is 5.69. The van der Waals surface area contributed by atoms with Gasteiger partial charge in [-0.15, -0.1) is 0 Å². The van der Waals surface area contributed by atoms with Gasteiger partial charge in [-0.2, -0.15) is 0 Å². The van der Waals surface area contributed by atoms with E-state index >= 15 is 0 Å². The van der Waals surface area contributed by atoms with E-state index < -0.39 is 0 Å². The van der Waals surface area contributed by atoms with E-state index in [2.05, 4.69) is 22.4 Å². The fourth-order valence-electron chi connectivity index (χ4n) is 3.24. The van der Waals surface area contributed by atoms with Crippen LogP contribution in [0.1, 0.15) is 49.9 Å². The molecule has 4 nitrogen and oxygen atoms in total. The lowest BCUT2D eigenvalue weighted by Crippen LogP contribution is -2.30. The lowest BCUT2D eigenvalue weighted by Gasteiger charge is -2.24. The Hall–Kier alpha value is -1.97. The molecule has 4 heteroatoms. The van der Waals surface area contributed by atoms with Crippen molar-refractivity contribution in [1.82, 2.24) is 10.3 Å². The predicted octanol–water partition coefficient (Wildman–Crippen LogP) is 3.47. The average molecular weight is 286 g/mol. The summed E-state index contributed by atoms with van der Waals surface area (Å²) in [6, 6.07) is 6.20. The van der Waals surface area contributed by atoms with Gasteiger partial charge < -0.3 is 15.0 Å². The molecule has 0 aliphatic heterocycles. The maximum Gasteiger partial charge on any atom is 0.220 e. The summed E-state index contributed by atoms with van der Waals surface area (Å²) >= 11 is 0. The summed E-state index contributed by atoms with van der Waals surface area (Å²) in [6.45, 7) is 2.03. The first-order chi connectivity index (χ1) is 10.2. The Morgan fingerprint density at radius 1 is 1.48 bits per heavy atom. The minimum Gasteiger partial charge on any atom is -0.497 e. The predicted molar refractivity (Wildman–Crippen MR) is 83.6 cm³/mol. The molecular weight excluding hydrogens is 264 g/mol. The van der Waals surface area contributed by atoms with E-state index in [1.165, 1.54) is 16.6 Å². The number of hydrogen-bond donors (Lipinski definition) is 2. The molecule has 2 aromatic rings. The van der Waals surface area contributed by atoms with Crippen molar-refractivity contribution in [3.63, 3.8) is 0 Å². The molecule has 1 unspecified atom stereocenters. The minimum atomic E-state index is 0.119. The van der Waals surface area contributed by atoms with E-state index in [0.717, 1.165) is 36.9 Å². The second-order valence-corrected chi connectivity index (χ2v) is 5.69. The third kappa shape index (κ3) is 2.62. The average Bonchev–Trinajstić information content (AvgIpc) is 2.85. The lowest BCUT2D eigenvalue weighted by atomic mass is 9.90. The molecule has 3 rings (SSSR count). The number of ether oxygens (including phenoxy) is 1. The first kappa shape index (κ1) is 14.0. The van der Waals surface area contributed by atoms with Crippen molar-refractivity contribution in [2.24, 2.45) is 0 Å². The first-order valence-corrected chi connectivity index (χ1v) is 7.70. The fraction of sp³-hybridized carbons (Fsp3) is 0.471. The summed E-state index contributed by atoms with van der Waals surface area (Å²) in [5, 5.41) is 4.36. The standard InChI is InChI=1S/C17H22N2O2/c1-3-5-16(20)19-15-7-4-6-14-17(15)12-10-11(21-2)8-9-13(12)18-14/h8-10,15,18H,3-7H2,1-2H3,(H,19,20). The Labute approximate surface area is 124 Å². The molecule has 0 fully saturated rings. The van der Waals surface area contributed by atoms with E-state index in [4.69, 9.17) is 4.74 Å². The number of nitrogens with one attached hydrogen (secondary N) is 2. The maximum atomic E-state index is 12.0. The van der Waals surface area contributed by atoms with Gasteiger partial charge >= 0.3 is 0 Å². The molecule has 21 heavy (non-hydrogen) atoms. The SMILES string of the molecule is CCCC(=O)NC1CCCc2[nH]c3ccc(OC)cc3c21. The van der Waals surface area contributed by atoms with Gasteiger partial charge in [0.2, 0.25) is 5.91 Å². The Bertz CT molecular complexity index is 660. The van der Waals surface area contributed by atoms with Gasteiger partial charge in [-0.05, 0) is 43.9 Å². The van der Waals surface area contributed by atoms with Crippen LogP contribution in [0, 0.1) is 0 Å². The van der Waals surface area contributed by atoms with Crippen molar-refractivity contribution in [3.8, 4) is 5.75 Å². The van der Waals surface area contributed by atoms with Gasteiger partial charge in [0.1, 0.15) is 5.75 Å². The van der Waals surface area contributed by atoms with E-state index in [-0.39, 0.29) is 11.9 Å². The number of carbonyl (C=O) groups is 1. The molecule has 0 radical (unpaired) electrons. The van der Waals surface area contributed by atoms with Crippen LogP contribution in [0.15, 0.2) is 18.2 Å². The topological polar surface area (TPSA) is 54.1 Å². The molecule has 1 atom stereocenters. The van der Waals surface area contributed by atoms with Crippen LogP contribution in [0.4, 0.5) is 0 Å². The first-order valence-electron chi connectivity index (χ1n) is 7.70. The number of methoxy groups -OCH3 is 1. The number of benzene rings is 1. The summed E-state index contributed by atoms with van der Waals surface area (Å²) in [4.78, 5) is 15.5. The molecule has 112 valence electrons. The zero-order chi connectivity index (χ0) is 14.8. The van der Waals surface area contributed by atoms with Crippen LogP contribution in [0.2, 0.25) is 0 Å². The maximum absolute atomic E-state index is 12.0. The van der Waals surface area contributed by atoms with Crippen molar-refractivity contribution in [2.45, 2.75) is 45.1 Å². The lowest BCUT2D eigenvalue weighted by molar-refractivity contribution is -0.121. The number of fused-ring (bicyclic) bond motifs is 3. The monoisotopic (exact) mass is 286 g/mol. The highest BCUT2D eigenvalue weighted by atomic mass is 16.5. The molecule has 1 aliphatic carbocycles. The number of aromatic amines is 1.